The van der Waals surface area contributed by atoms with E-state index < -0.39 is 0 Å². The third-order valence-corrected chi connectivity index (χ3v) is 5.82. The molecule has 2 aromatic heterocycles. The lowest BCUT2D eigenvalue weighted by Gasteiger charge is -2.35. The van der Waals surface area contributed by atoms with Crippen molar-refractivity contribution in [1.29, 1.82) is 0 Å². The minimum atomic E-state index is -0.328. The number of ether oxygens (including phenoxy) is 1. The standard InChI is InChI=1S/C19H23N3O2S/c23-19(21-11-15-3-1-2-8-20-15)18-5-4-16-17(24-18)6-9-22(16)12-14-7-10-25-13-14/h1-3,7-8,10,13,16-18H,4-6,9,11-12H2,(H,21,23)/t16-,17-,18+/m1/s1. The number of pyridine rings is 1. The number of hydrogen-bond donors (Lipinski definition) is 1. The predicted molar refractivity (Wildman–Crippen MR) is 97.1 cm³/mol. The molecule has 1 amide bonds. The van der Waals surface area contributed by atoms with E-state index in [1.807, 2.05) is 18.2 Å². The molecule has 2 aliphatic rings. The Morgan fingerprint density at radius 3 is 3.08 bits per heavy atom. The Labute approximate surface area is 152 Å². The lowest BCUT2D eigenvalue weighted by molar-refractivity contribution is -0.144. The van der Waals surface area contributed by atoms with E-state index in [2.05, 4.69) is 32.0 Å². The molecule has 2 aliphatic heterocycles. The molecule has 0 bridgehead atoms. The molecule has 1 N–H and O–H groups in total. The van der Waals surface area contributed by atoms with Crippen molar-refractivity contribution in [2.75, 3.05) is 6.54 Å². The number of nitrogens with zero attached hydrogens (tertiary/aromatic N) is 2. The molecule has 0 radical (unpaired) electrons. The molecule has 2 saturated heterocycles. The van der Waals surface area contributed by atoms with Crippen LogP contribution < -0.4 is 5.32 Å². The van der Waals surface area contributed by atoms with Crippen molar-refractivity contribution in [2.45, 2.75) is 50.6 Å². The lowest BCUT2D eigenvalue weighted by Crippen LogP contribution is -2.47. The smallest absolute Gasteiger partial charge is 0.249 e. The summed E-state index contributed by atoms with van der Waals surface area (Å²) in [5, 5.41) is 7.30. The van der Waals surface area contributed by atoms with E-state index in [1.54, 1.807) is 17.5 Å². The van der Waals surface area contributed by atoms with E-state index in [1.165, 1.54) is 5.56 Å². The number of nitrogens with one attached hydrogen (secondary N) is 1. The molecule has 5 nitrogen and oxygen atoms in total. The van der Waals surface area contributed by atoms with E-state index in [4.69, 9.17) is 4.74 Å². The van der Waals surface area contributed by atoms with Crippen molar-refractivity contribution in [3.05, 3.63) is 52.5 Å². The van der Waals surface area contributed by atoms with Gasteiger partial charge in [0.25, 0.3) is 0 Å². The Morgan fingerprint density at radius 1 is 1.32 bits per heavy atom. The van der Waals surface area contributed by atoms with Gasteiger partial charge in [0, 0.05) is 25.3 Å². The quantitative estimate of drug-likeness (QED) is 0.894. The van der Waals surface area contributed by atoms with Crippen LogP contribution in [0.1, 0.15) is 30.5 Å². The first-order valence-corrected chi connectivity index (χ1v) is 9.82. The predicted octanol–water partition coefficient (Wildman–Crippen LogP) is 2.58. The van der Waals surface area contributed by atoms with Gasteiger partial charge in [-0.2, -0.15) is 11.3 Å². The third-order valence-electron chi connectivity index (χ3n) is 5.09. The van der Waals surface area contributed by atoms with Crippen molar-refractivity contribution in [3.8, 4) is 0 Å². The highest BCUT2D eigenvalue weighted by Gasteiger charge is 2.41. The van der Waals surface area contributed by atoms with Crippen LogP contribution in [-0.4, -0.2) is 40.6 Å². The molecule has 0 spiro atoms. The zero-order valence-electron chi connectivity index (χ0n) is 14.1. The van der Waals surface area contributed by atoms with Gasteiger partial charge >= 0.3 is 0 Å². The highest BCUT2D eigenvalue weighted by atomic mass is 32.1. The van der Waals surface area contributed by atoms with Gasteiger partial charge in [0.15, 0.2) is 0 Å². The fraction of sp³-hybridized carbons (Fsp3) is 0.474. The van der Waals surface area contributed by atoms with E-state index in [-0.39, 0.29) is 18.1 Å². The minimum absolute atomic E-state index is 0.0135. The normalized spacial score (nSPS) is 26.3. The maximum atomic E-state index is 12.4. The first-order valence-electron chi connectivity index (χ1n) is 8.88. The molecule has 0 aromatic carbocycles. The molecule has 132 valence electrons. The van der Waals surface area contributed by atoms with Crippen LogP contribution in [0.25, 0.3) is 0 Å². The van der Waals surface area contributed by atoms with Crippen LogP contribution in [0.15, 0.2) is 41.2 Å². The van der Waals surface area contributed by atoms with E-state index in [9.17, 15) is 4.79 Å². The number of amides is 1. The van der Waals surface area contributed by atoms with Gasteiger partial charge in [-0.1, -0.05) is 6.07 Å². The second-order valence-electron chi connectivity index (χ2n) is 6.74. The second kappa shape index (κ2) is 7.64. The number of likely N-dealkylation sites (tertiary alicyclic amines) is 1. The minimum Gasteiger partial charge on any atom is -0.363 e. The van der Waals surface area contributed by atoms with E-state index >= 15 is 0 Å². The Hall–Kier alpha value is -1.76. The van der Waals surface area contributed by atoms with Crippen molar-refractivity contribution in [1.82, 2.24) is 15.2 Å². The Balaban J connectivity index is 1.29. The van der Waals surface area contributed by atoms with E-state index in [0.29, 0.717) is 12.6 Å². The summed E-state index contributed by atoms with van der Waals surface area (Å²) in [4.78, 5) is 19.2. The van der Waals surface area contributed by atoms with Gasteiger partial charge in [-0.15, -0.1) is 0 Å². The molecular weight excluding hydrogens is 334 g/mol. The third kappa shape index (κ3) is 3.92. The maximum absolute atomic E-state index is 12.4. The Kier molecular flexibility index (Phi) is 5.10. The van der Waals surface area contributed by atoms with Crippen molar-refractivity contribution >= 4 is 17.2 Å². The summed E-state index contributed by atoms with van der Waals surface area (Å²) >= 11 is 1.74. The van der Waals surface area contributed by atoms with Gasteiger partial charge in [-0.05, 0) is 53.8 Å². The molecule has 3 atom stereocenters. The summed E-state index contributed by atoms with van der Waals surface area (Å²) in [6.07, 6.45) is 4.41. The van der Waals surface area contributed by atoms with Crippen LogP contribution in [0.2, 0.25) is 0 Å². The first kappa shape index (κ1) is 16.7. The fourth-order valence-corrected chi connectivity index (χ4v) is 4.48. The number of aromatic nitrogens is 1. The molecule has 4 rings (SSSR count). The largest absolute Gasteiger partial charge is 0.363 e. The number of hydrogen-bond acceptors (Lipinski definition) is 5. The Morgan fingerprint density at radius 2 is 2.28 bits per heavy atom. The molecule has 0 saturated carbocycles. The van der Waals surface area contributed by atoms with Gasteiger partial charge in [0.1, 0.15) is 6.10 Å². The van der Waals surface area contributed by atoms with Crippen LogP contribution in [0.3, 0.4) is 0 Å². The molecular formula is C19H23N3O2S. The summed E-state index contributed by atoms with van der Waals surface area (Å²) in [5.74, 6) is -0.0135. The zero-order valence-corrected chi connectivity index (χ0v) is 15.0. The number of rotatable bonds is 5. The zero-order chi connectivity index (χ0) is 17.1. The summed E-state index contributed by atoms with van der Waals surface area (Å²) < 4.78 is 6.14. The average Bonchev–Trinajstić information content (AvgIpc) is 3.31. The topological polar surface area (TPSA) is 54.5 Å². The van der Waals surface area contributed by atoms with Gasteiger partial charge in [0.05, 0.1) is 18.3 Å². The fourth-order valence-electron chi connectivity index (χ4n) is 3.82. The molecule has 2 aromatic rings. The number of carbonyl (C=O) groups is 1. The van der Waals surface area contributed by atoms with Crippen LogP contribution in [0.4, 0.5) is 0 Å². The molecule has 25 heavy (non-hydrogen) atoms. The van der Waals surface area contributed by atoms with E-state index in [0.717, 1.165) is 38.0 Å². The number of thiophene rings is 1. The lowest BCUT2D eigenvalue weighted by atomic mass is 9.98. The van der Waals surface area contributed by atoms with Crippen LogP contribution >= 0.6 is 11.3 Å². The molecule has 0 aliphatic carbocycles. The first-order chi connectivity index (χ1) is 12.3. The summed E-state index contributed by atoms with van der Waals surface area (Å²) in [6.45, 7) is 2.50. The van der Waals surface area contributed by atoms with Gasteiger partial charge < -0.3 is 10.1 Å². The van der Waals surface area contributed by atoms with Crippen molar-refractivity contribution < 1.29 is 9.53 Å². The summed E-state index contributed by atoms with van der Waals surface area (Å²) in [7, 11) is 0. The number of fused-ring (bicyclic) bond motifs is 1. The highest BCUT2D eigenvalue weighted by molar-refractivity contribution is 7.07. The monoisotopic (exact) mass is 357 g/mol. The Bertz CT molecular complexity index is 692. The van der Waals surface area contributed by atoms with Gasteiger partial charge in [-0.3, -0.25) is 14.7 Å². The van der Waals surface area contributed by atoms with Crippen LogP contribution in [-0.2, 0) is 22.6 Å². The summed E-state index contributed by atoms with van der Waals surface area (Å²) in [5.41, 5.74) is 2.24. The molecule has 0 unspecified atom stereocenters. The molecule has 2 fully saturated rings. The van der Waals surface area contributed by atoms with Crippen LogP contribution in [0, 0.1) is 0 Å². The second-order valence-corrected chi connectivity index (χ2v) is 7.52. The number of carbonyl (C=O) groups excluding carboxylic acids is 1. The molecule has 6 heteroatoms. The van der Waals surface area contributed by atoms with Crippen molar-refractivity contribution in [2.24, 2.45) is 0 Å². The maximum Gasteiger partial charge on any atom is 0.249 e. The highest BCUT2D eigenvalue weighted by Crippen LogP contribution is 2.32. The molecule has 4 heterocycles. The SMILES string of the molecule is O=C(NCc1ccccn1)[C@@H]1CC[C@@H]2[C@@H](CCN2Cc2ccsc2)O1. The van der Waals surface area contributed by atoms with Crippen LogP contribution in [0.5, 0.6) is 0 Å². The summed E-state index contributed by atoms with van der Waals surface area (Å²) in [6, 6.07) is 8.35. The van der Waals surface area contributed by atoms with Crippen molar-refractivity contribution in [3.63, 3.8) is 0 Å². The van der Waals surface area contributed by atoms with Gasteiger partial charge in [0.2, 0.25) is 5.91 Å². The van der Waals surface area contributed by atoms with Gasteiger partial charge in [-0.25, -0.2) is 0 Å². The average molecular weight is 357 g/mol.